The fraction of sp³-hybridized carbons (Fsp3) is 0.780. The van der Waals surface area contributed by atoms with Gasteiger partial charge in [-0.3, -0.25) is 4.79 Å². The lowest BCUT2D eigenvalue weighted by Gasteiger charge is -2.40. The van der Waals surface area contributed by atoms with Crippen LogP contribution in [-0.4, -0.2) is 87.5 Å². The molecule has 1 amide bonds. The summed E-state index contributed by atoms with van der Waals surface area (Å²) in [5.74, 6) is -0.201. The number of amides is 1. The summed E-state index contributed by atoms with van der Waals surface area (Å²) < 4.78 is 11.1. The Balaban J connectivity index is 2.40. The fourth-order valence-corrected chi connectivity index (χ4v) is 5.85. The van der Waals surface area contributed by atoms with E-state index < -0.39 is 49.5 Å². The number of aliphatic hydroxyl groups excluding tert-OH is 5. The van der Waals surface area contributed by atoms with E-state index in [2.05, 4.69) is 55.6 Å². The lowest BCUT2D eigenvalue weighted by molar-refractivity contribution is -0.302. The predicted molar refractivity (Wildman–Crippen MR) is 203 cm³/mol. The van der Waals surface area contributed by atoms with Crippen molar-refractivity contribution < 1.29 is 39.8 Å². The van der Waals surface area contributed by atoms with Gasteiger partial charge in [-0.25, -0.2) is 0 Å². The molecule has 0 aliphatic carbocycles. The quantitative estimate of drug-likeness (QED) is 0.0330. The molecule has 0 bridgehead atoms. The Bertz CT molecular complexity index is 920. The molecule has 0 spiro atoms. The number of hydrogen-bond acceptors (Lipinski definition) is 8. The third kappa shape index (κ3) is 22.9. The van der Waals surface area contributed by atoms with Gasteiger partial charge in [0, 0.05) is 6.42 Å². The molecule has 7 unspecified atom stereocenters. The van der Waals surface area contributed by atoms with Gasteiger partial charge in [-0.1, -0.05) is 127 Å². The Kier molecular flexibility index (Phi) is 29.4. The molecule has 9 nitrogen and oxygen atoms in total. The van der Waals surface area contributed by atoms with Gasteiger partial charge < -0.3 is 40.3 Å². The lowest BCUT2D eigenvalue weighted by Crippen LogP contribution is -2.60. The summed E-state index contributed by atoms with van der Waals surface area (Å²) in [4.78, 5) is 12.9. The van der Waals surface area contributed by atoms with E-state index in [1.165, 1.54) is 70.6 Å². The molecule has 6 N–H and O–H groups in total. The first-order valence-electron chi connectivity index (χ1n) is 19.9. The van der Waals surface area contributed by atoms with Crippen molar-refractivity contribution in [3.8, 4) is 0 Å². The van der Waals surface area contributed by atoms with E-state index in [9.17, 15) is 30.3 Å². The maximum Gasteiger partial charge on any atom is 0.220 e. The molecule has 1 saturated heterocycles. The van der Waals surface area contributed by atoms with Gasteiger partial charge in [0.25, 0.3) is 0 Å². The molecule has 0 aromatic rings. The van der Waals surface area contributed by atoms with Crippen molar-refractivity contribution in [2.24, 2.45) is 0 Å². The smallest absolute Gasteiger partial charge is 0.220 e. The SMILES string of the molecule is CCCCC/C=C/CC/C=C/C(O)C(COC1OC(CO)C(O)C(O)C1O)NC(=O)CCCCCCCCC/C=C\C/C=C\CCCCCC. The third-order valence-electron chi connectivity index (χ3n) is 9.13. The molecule has 1 fully saturated rings. The largest absolute Gasteiger partial charge is 0.394 e. The molecule has 9 heteroatoms. The number of carbonyl (C=O) groups is 1. The van der Waals surface area contributed by atoms with Gasteiger partial charge in [-0.15, -0.1) is 0 Å². The van der Waals surface area contributed by atoms with Gasteiger partial charge in [-0.05, 0) is 64.2 Å². The van der Waals surface area contributed by atoms with E-state index >= 15 is 0 Å². The predicted octanol–water partition coefficient (Wildman–Crippen LogP) is 7.11. The summed E-state index contributed by atoms with van der Waals surface area (Å²) in [6.07, 6.45) is 31.6. The van der Waals surface area contributed by atoms with Gasteiger partial charge in [0.05, 0.1) is 25.4 Å². The van der Waals surface area contributed by atoms with E-state index in [1.807, 2.05) is 6.08 Å². The Labute approximate surface area is 303 Å². The number of carbonyl (C=O) groups excluding carboxylic acids is 1. The second-order valence-corrected chi connectivity index (χ2v) is 13.7. The highest BCUT2D eigenvalue weighted by Crippen LogP contribution is 2.22. The van der Waals surface area contributed by atoms with Crippen molar-refractivity contribution in [1.82, 2.24) is 5.32 Å². The van der Waals surface area contributed by atoms with Crippen LogP contribution in [0.4, 0.5) is 0 Å². The molecule has 50 heavy (non-hydrogen) atoms. The molecule has 0 saturated carbocycles. The van der Waals surface area contributed by atoms with Crippen LogP contribution in [0.2, 0.25) is 0 Å². The average molecular weight is 708 g/mol. The molecule has 1 rings (SSSR count). The van der Waals surface area contributed by atoms with E-state index in [4.69, 9.17) is 9.47 Å². The van der Waals surface area contributed by atoms with Crippen molar-refractivity contribution in [3.05, 3.63) is 48.6 Å². The van der Waals surface area contributed by atoms with Crippen LogP contribution in [0.15, 0.2) is 48.6 Å². The van der Waals surface area contributed by atoms with E-state index in [1.54, 1.807) is 6.08 Å². The second kappa shape index (κ2) is 31.9. The summed E-state index contributed by atoms with van der Waals surface area (Å²) in [6.45, 7) is 3.65. The zero-order valence-electron chi connectivity index (χ0n) is 31.4. The number of aliphatic hydroxyl groups is 5. The molecule has 0 aromatic carbocycles. The standard InChI is InChI=1S/C41H73NO8/c1-3-5-7-9-11-13-14-15-16-17-18-19-20-21-23-25-27-29-31-37(45)42-34(35(44)30-28-26-24-22-12-10-8-6-4-2)33-49-41-40(48)39(47)38(46)36(32-43)50-41/h12-14,16-17,22,28,30,34-36,38-41,43-44,46-48H,3-11,15,18-21,23-27,29,31-33H2,1-2H3,(H,42,45)/b14-13-,17-16-,22-12+,30-28+. The van der Waals surface area contributed by atoms with Crippen molar-refractivity contribution in [3.63, 3.8) is 0 Å². The van der Waals surface area contributed by atoms with Crippen LogP contribution in [0.3, 0.4) is 0 Å². The molecular formula is C41H73NO8. The fourth-order valence-electron chi connectivity index (χ4n) is 5.85. The van der Waals surface area contributed by atoms with Gasteiger partial charge in [-0.2, -0.15) is 0 Å². The van der Waals surface area contributed by atoms with E-state index in [-0.39, 0.29) is 12.5 Å². The van der Waals surface area contributed by atoms with Gasteiger partial charge in [0.15, 0.2) is 6.29 Å². The van der Waals surface area contributed by atoms with E-state index in [0.29, 0.717) is 6.42 Å². The lowest BCUT2D eigenvalue weighted by atomic mass is 9.99. The van der Waals surface area contributed by atoms with Crippen molar-refractivity contribution in [2.45, 2.75) is 192 Å². The zero-order valence-corrected chi connectivity index (χ0v) is 31.4. The minimum absolute atomic E-state index is 0.201. The molecule has 0 aromatic heterocycles. The minimum atomic E-state index is -1.57. The molecule has 1 aliphatic heterocycles. The summed E-state index contributed by atoms with van der Waals surface area (Å²) in [6, 6.07) is -0.823. The Hall–Kier alpha value is -1.85. The van der Waals surface area contributed by atoms with Crippen LogP contribution in [0.5, 0.6) is 0 Å². The number of nitrogens with one attached hydrogen (secondary N) is 1. The topological polar surface area (TPSA) is 149 Å². The number of rotatable bonds is 31. The highest BCUT2D eigenvalue weighted by Gasteiger charge is 2.44. The molecule has 1 heterocycles. The second-order valence-electron chi connectivity index (χ2n) is 13.7. The molecular weight excluding hydrogens is 634 g/mol. The normalized spacial score (nSPS) is 22.7. The molecule has 1 aliphatic rings. The average Bonchev–Trinajstić information content (AvgIpc) is 3.11. The summed E-state index contributed by atoms with van der Waals surface area (Å²) >= 11 is 0. The van der Waals surface area contributed by atoms with Gasteiger partial charge in [0.2, 0.25) is 5.91 Å². The van der Waals surface area contributed by atoms with Crippen molar-refractivity contribution >= 4 is 5.91 Å². The third-order valence-corrected chi connectivity index (χ3v) is 9.13. The first kappa shape index (κ1) is 46.2. The van der Waals surface area contributed by atoms with E-state index in [0.717, 1.165) is 57.8 Å². The Morgan fingerprint density at radius 2 is 1.20 bits per heavy atom. The van der Waals surface area contributed by atoms with Crippen LogP contribution in [0.25, 0.3) is 0 Å². The Morgan fingerprint density at radius 1 is 0.680 bits per heavy atom. The number of allylic oxidation sites excluding steroid dienone is 7. The van der Waals surface area contributed by atoms with Crippen LogP contribution in [-0.2, 0) is 14.3 Å². The number of hydrogen-bond donors (Lipinski definition) is 6. The summed E-state index contributed by atoms with van der Waals surface area (Å²) in [5, 5.41) is 53.8. The maximum atomic E-state index is 12.9. The highest BCUT2D eigenvalue weighted by atomic mass is 16.7. The van der Waals surface area contributed by atoms with Gasteiger partial charge in [0.1, 0.15) is 24.4 Å². The summed E-state index contributed by atoms with van der Waals surface area (Å²) in [7, 11) is 0. The first-order valence-corrected chi connectivity index (χ1v) is 19.9. The van der Waals surface area contributed by atoms with Crippen LogP contribution >= 0.6 is 0 Å². The van der Waals surface area contributed by atoms with Crippen LogP contribution in [0, 0.1) is 0 Å². The van der Waals surface area contributed by atoms with Crippen molar-refractivity contribution in [2.75, 3.05) is 13.2 Å². The monoisotopic (exact) mass is 708 g/mol. The first-order chi connectivity index (χ1) is 24.3. The molecule has 290 valence electrons. The van der Waals surface area contributed by atoms with Crippen LogP contribution < -0.4 is 5.32 Å². The number of unbranched alkanes of at least 4 members (excludes halogenated alkanes) is 15. The minimum Gasteiger partial charge on any atom is -0.394 e. The summed E-state index contributed by atoms with van der Waals surface area (Å²) in [5.41, 5.74) is 0. The Morgan fingerprint density at radius 3 is 1.84 bits per heavy atom. The number of ether oxygens (including phenoxy) is 2. The van der Waals surface area contributed by atoms with Crippen molar-refractivity contribution in [1.29, 1.82) is 0 Å². The van der Waals surface area contributed by atoms with Gasteiger partial charge >= 0.3 is 0 Å². The maximum absolute atomic E-state index is 12.9. The zero-order chi connectivity index (χ0) is 36.7. The molecule has 0 radical (unpaired) electrons. The molecule has 7 atom stereocenters. The highest BCUT2D eigenvalue weighted by molar-refractivity contribution is 5.76. The van der Waals surface area contributed by atoms with Crippen LogP contribution in [0.1, 0.15) is 149 Å².